The van der Waals surface area contributed by atoms with Crippen LogP contribution in [0.1, 0.15) is 18.6 Å². The lowest BCUT2D eigenvalue weighted by atomic mass is 10.1. The van der Waals surface area contributed by atoms with Gasteiger partial charge in [-0.25, -0.2) is 0 Å². The van der Waals surface area contributed by atoms with Crippen molar-refractivity contribution in [3.63, 3.8) is 0 Å². The molecule has 0 aliphatic carbocycles. The van der Waals surface area contributed by atoms with Crippen molar-refractivity contribution in [2.45, 2.75) is 25.3 Å². The standard InChI is InChI=1S/C14H19NO4S/c1-18-14(17)9-11-10-20-8-6-15(11)13(16)5-4-12-3-2-7-19-12/h2-3,7,11H,4-6,8-10H2,1H3/t11-/m1/s1. The molecule has 1 aromatic rings. The van der Waals surface area contributed by atoms with Gasteiger partial charge < -0.3 is 14.1 Å². The third kappa shape index (κ3) is 4.03. The maximum Gasteiger partial charge on any atom is 0.307 e. The second kappa shape index (κ2) is 7.38. The molecule has 1 aromatic heterocycles. The summed E-state index contributed by atoms with van der Waals surface area (Å²) in [5.74, 6) is 2.34. The Morgan fingerprint density at radius 3 is 3.10 bits per heavy atom. The molecule has 0 saturated carbocycles. The summed E-state index contributed by atoms with van der Waals surface area (Å²) in [6.45, 7) is 0.698. The summed E-state index contributed by atoms with van der Waals surface area (Å²) in [5.41, 5.74) is 0. The van der Waals surface area contributed by atoms with Crippen molar-refractivity contribution < 1.29 is 18.7 Å². The Hall–Kier alpha value is -1.43. The van der Waals surface area contributed by atoms with Gasteiger partial charge in [-0.1, -0.05) is 0 Å². The Labute approximate surface area is 122 Å². The number of methoxy groups -OCH3 is 1. The largest absolute Gasteiger partial charge is 0.469 e. The maximum atomic E-state index is 12.3. The van der Waals surface area contributed by atoms with Gasteiger partial charge in [-0.3, -0.25) is 9.59 Å². The average Bonchev–Trinajstić information content (AvgIpc) is 2.98. The van der Waals surface area contributed by atoms with Crippen LogP contribution in [0, 0.1) is 0 Å². The second-order valence-electron chi connectivity index (χ2n) is 4.68. The lowest BCUT2D eigenvalue weighted by Crippen LogP contribution is -2.47. The molecule has 1 fully saturated rings. The van der Waals surface area contributed by atoms with E-state index in [1.807, 2.05) is 17.0 Å². The van der Waals surface area contributed by atoms with Crippen LogP contribution in [0.2, 0.25) is 0 Å². The molecule has 2 rings (SSSR count). The number of hydrogen-bond acceptors (Lipinski definition) is 5. The Bertz CT molecular complexity index is 446. The number of carbonyl (C=O) groups excluding carboxylic acids is 2. The SMILES string of the molecule is COC(=O)C[C@@H]1CSCCN1C(=O)CCc1ccco1. The van der Waals surface area contributed by atoms with Crippen molar-refractivity contribution in [2.75, 3.05) is 25.2 Å². The highest BCUT2D eigenvalue weighted by molar-refractivity contribution is 7.99. The van der Waals surface area contributed by atoms with E-state index in [1.165, 1.54) is 7.11 Å². The van der Waals surface area contributed by atoms with E-state index in [2.05, 4.69) is 0 Å². The molecule has 110 valence electrons. The highest BCUT2D eigenvalue weighted by atomic mass is 32.2. The van der Waals surface area contributed by atoms with Gasteiger partial charge in [0.1, 0.15) is 5.76 Å². The number of thioether (sulfide) groups is 1. The van der Waals surface area contributed by atoms with E-state index in [4.69, 9.17) is 9.15 Å². The van der Waals surface area contributed by atoms with Gasteiger partial charge in [0, 0.05) is 30.9 Å². The number of esters is 1. The van der Waals surface area contributed by atoms with Gasteiger partial charge >= 0.3 is 5.97 Å². The lowest BCUT2D eigenvalue weighted by Gasteiger charge is -2.35. The van der Waals surface area contributed by atoms with E-state index in [0.29, 0.717) is 19.4 Å². The molecule has 0 aromatic carbocycles. The molecule has 1 aliphatic rings. The summed E-state index contributed by atoms with van der Waals surface area (Å²) in [7, 11) is 1.38. The van der Waals surface area contributed by atoms with Gasteiger partial charge in [-0.2, -0.15) is 11.8 Å². The molecule has 0 bridgehead atoms. The third-order valence-corrected chi connectivity index (χ3v) is 4.43. The maximum absolute atomic E-state index is 12.3. The van der Waals surface area contributed by atoms with Crippen LogP contribution in [-0.4, -0.2) is 48.0 Å². The van der Waals surface area contributed by atoms with Crippen LogP contribution in [0.15, 0.2) is 22.8 Å². The Morgan fingerprint density at radius 1 is 1.55 bits per heavy atom. The minimum absolute atomic E-state index is 0.0506. The van der Waals surface area contributed by atoms with Gasteiger partial charge in [0.05, 0.1) is 25.8 Å². The van der Waals surface area contributed by atoms with Crippen LogP contribution in [-0.2, 0) is 20.7 Å². The molecule has 0 N–H and O–H groups in total. The van der Waals surface area contributed by atoms with Crippen LogP contribution < -0.4 is 0 Å². The van der Waals surface area contributed by atoms with Crippen molar-refractivity contribution in [3.05, 3.63) is 24.2 Å². The van der Waals surface area contributed by atoms with E-state index in [1.54, 1.807) is 18.0 Å². The molecule has 1 saturated heterocycles. The first kappa shape index (κ1) is 15.0. The molecule has 2 heterocycles. The van der Waals surface area contributed by atoms with Crippen LogP contribution in [0.5, 0.6) is 0 Å². The van der Waals surface area contributed by atoms with E-state index < -0.39 is 0 Å². The normalized spacial score (nSPS) is 18.9. The topological polar surface area (TPSA) is 59.8 Å². The molecule has 6 heteroatoms. The molecule has 0 unspecified atom stereocenters. The highest BCUT2D eigenvalue weighted by Crippen LogP contribution is 2.20. The summed E-state index contributed by atoms with van der Waals surface area (Å²) in [6.07, 6.45) is 2.89. The first-order valence-corrected chi connectivity index (χ1v) is 7.82. The Morgan fingerprint density at radius 2 is 2.40 bits per heavy atom. The second-order valence-corrected chi connectivity index (χ2v) is 5.83. The molecular weight excluding hydrogens is 278 g/mol. The molecule has 20 heavy (non-hydrogen) atoms. The van der Waals surface area contributed by atoms with Gasteiger partial charge in [-0.15, -0.1) is 0 Å². The number of hydrogen-bond donors (Lipinski definition) is 0. The number of aryl methyl sites for hydroxylation is 1. The van der Waals surface area contributed by atoms with Crippen LogP contribution in [0.25, 0.3) is 0 Å². The molecular formula is C14H19NO4S. The molecule has 1 amide bonds. The van der Waals surface area contributed by atoms with Crippen LogP contribution >= 0.6 is 11.8 Å². The zero-order valence-electron chi connectivity index (χ0n) is 11.5. The quantitative estimate of drug-likeness (QED) is 0.775. The summed E-state index contributed by atoms with van der Waals surface area (Å²) < 4.78 is 9.93. The highest BCUT2D eigenvalue weighted by Gasteiger charge is 2.28. The van der Waals surface area contributed by atoms with Gasteiger partial charge in [-0.05, 0) is 12.1 Å². The first-order chi connectivity index (χ1) is 9.70. The van der Waals surface area contributed by atoms with Crippen molar-refractivity contribution in [2.24, 2.45) is 0 Å². The fourth-order valence-corrected chi connectivity index (χ4v) is 3.32. The minimum Gasteiger partial charge on any atom is -0.469 e. The molecule has 1 atom stereocenters. The summed E-state index contributed by atoms with van der Waals surface area (Å²) in [5, 5.41) is 0. The summed E-state index contributed by atoms with van der Waals surface area (Å²) in [6, 6.07) is 3.63. The van der Waals surface area contributed by atoms with Gasteiger partial charge in [0.2, 0.25) is 5.91 Å². The van der Waals surface area contributed by atoms with Crippen molar-refractivity contribution in [1.82, 2.24) is 4.90 Å². The van der Waals surface area contributed by atoms with E-state index >= 15 is 0 Å². The Kier molecular flexibility index (Phi) is 5.52. The van der Waals surface area contributed by atoms with E-state index in [0.717, 1.165) is 17.3 Å². The molecule has 0 spiro atoms. The third-order valence-electron chi connectivity index (χ3n) is 3.34. The van der Waals surface area contributed by atoms with Crippen molar-refractivity contribution >= 4 is 23.6 Å². The van der Waals surface area contributed by atoms with E-state index in [-0.39, 0.29) is 24.3 Å². The monoisotopic (exact) mass is 297 g/mol. The van der Waals surface area contributed by atoms with Crippen molar-refractivity contribution in [1.29, 1.82) is 0 Å². The number of ether oxygens (including phenoxy) is 1. The number of rotatable bonds is 5. The molecule has 5 nitrogen and oxygen atoms in total. The van der Waals surface area contributed by atoms with Crippen molar-refractivity contribution in [3.8, 4) is 0 Å². The predicted molar refractivity (Wildman–Crippen MR) is 76.5 cm³/mol. The fourth-order valence-electron chi connectivity index (χ4n) is 2.26. The number of amides is 1. The van der Waals surface area contributed by atoms with Crippen LogP contribution in [0.3, 0.4) is 0 Å². The summed E-state index contributed by atoms with van der Waals surface area (Å²) >= 11 is 1.77. The minimum atomic E-state index is -0.263. The zero-order chi connectivity index (χ0) is 14.4. The van der Waals surface area contributed by atoms with E-state index in [9.17, 15) is 9.59 Å². The zero-order valence-corrected chi connectivity index (χ0v) is 12.4. The average molecular weight is 297 g/mol. The van der Waals surface area contributed by atoms with Crippen LogP contribution in [0.4, 0.5) is 0 Å². The summed E-state index contributed by atoms with van der Waals surface area (Å²) in [4.78, 5) is 25.5. The molecule has 0 radical (unpaired) electrons. The smallest absolute Gasteiger partial charge is 0.307 e. The Balaban J connectivity index is 1.89. The molecule has 1 aliphatic heterocycles. The fraction of sp³-hybridized carbons (Fsp3) is 0.571. The first-order valence-electron chi connectivity index (χ1n) is 6.67. The number of carbonyl (C=O) groups is 2. The predicted octanol–water partition coefficient (Wildman–Crippen LogP) is 1.72. The van der Waals surface area contributed by atoms with Gasteiger partial charge in [0.15, 0.2) is 0 Å². The van der Waals surface area contributed by atoms with Gasteiger partial charge in [0.25, 0.3) is 0 Å². The lowest BCUT2D eigenvalue weighted by molar-refractivity contribution is -0.143. The number of nitrogens with zero attached hydrogens (tertiary/aromatic N) is 1. The number of furan rings is 1.